The van der Waals surface area contributed by atoms with Gasteiger partial charge in [-0.15, -0.1) is 23.4 Å². The first kappa shape index (κ1) is 8.38. The van der Waals surface area contributed by atoms with Crippen molar-refractivity contribution in [3.8, 4) is 0 Å². The minimum Gasteiger partial charge on any atom is -0.130 e. The highest BCUT2D eigenvalue weighted by Crippen LogP contribution is 2.11. The maximum atomic E-state index is 5.53. The van der Waals surface area contributed by atoms with Crippen molar-refractivity contribution in [2.45, 2.75) is 19.1 Å². The van der Waals surface area contributed by atoms with E-state index < -0.39 is 0 Å². The number of alkyl halides is 1. The summed E-state index contributed by atoms with van der Waals surface area (Å²) < 4.78 is 0. The van der Waals surface area contributed by atoms with Crippen LogP contribution < -0.4 is 0 Å². The van der Waals surface area contributed by atoms with Crippen LogP contribution in [0.5, 0.6) is 0 Å². The normalized spacial score (nSPS) is 14.9. The molecule has 0 nitrogen and oxygen atoms in total. The van der Waals surface area contributed by atoms with Crippen molar-refractivity contribution in [1.82, 2.24) is 0 Å². The molecule has 0 spiro atoms. The summed E-state index contributed by atoms with van der Waals surface area (Å²) in [5.74, 6) is 0.731. The van der Waals surface area contributed by atoms with Crippen LogP contribution in [0.25, 0.3) is 0 Å². The van der Waals surface area contributed by atoms with E-state index in [4.69, 9.17) is 11.6 Å². The first-order valence-electron chi connectivity index (χ1n) is 2.63. The Hall–Kier alpha value is 0.380. The van der Waals surface area contributed by atoms with Gasteiger partial charge in [-0.25, -0.2) is 0 Å². The highest BCUT2D eigenvalue weighted by atomic mass is 35.5. The molecule has 0 aliphatic heterocycles. The van der Waals surface area contributed by atoms with Gasteiger partial charge >= 0.3 is 0 Å². The molecular formula is C6H11ClS. The van der Waals surface area contributed by atoms with Gasteiger partial charge in [-0.3, -0.25) is 0 Å². The number of hydrogen-bond acceptors (Lipinski definition) is 1. The molecule has 0 aromatic carbocycles. The second-order valence-corrected chi connectivity index (χ2v) is 3.23. The zero-order valence-electron chi connectivity index (χ0n) is 5.23. The Labute approximate surface area is 60.3 Å². The van der Waals surface area contributed by atoms with Gasteiger partial charge in [0, 0.05) is 11.1 Å². The third-order valence-corrected chi connectivity index (χ3v) is 2.37. The van der Waals surface area contributed by atoms with Crippen LogP contribution in [-0.4, -0.2) is 11.1 Å². The van der Waals surface area contributed by atoms with Crippen molar-refractivity contribution in [3.05, 3.63) is 11.5 Å². The number of rotatable bonds is 3. The van der Waals surface area contributed by atoms with Crippen LogP contribution in [0.15, 0.2) is 11.5 Å². The van der Waals surface area contributed by atoms with E-state index in [0.29, 0.717) is 5.25 Å². The van der Waals surface area contributed by atoms with Crippen molar-refractivity contribution in [2.75, 3.05) is 5.88 Å². The fourth-order valence-electron chi connectivity index (χ4n) is 0.249. The Balaban J connectivity index is 3.10. The quantitative estimate of drug-likeness (QED) is 0.558. The summed E-state index contributed by atoms with van der Waals surface area (Å²) in [5, 5.41) is 2.61. The lowest BCUT2D eigenvalue weighted by molar-refractivity contribution is 1.13. The first-order chi connectivity index (χ1) is 3.81. The van der Waals surface area contributed by atoms with Crippen molar-refractivity contribution in [1.29, 1.82) is 0 Å². The van der Waals surface area contributed by atoms with Gasteiger partial charge in [-0.05, 0) is 12.3 Å². The summed E-state index contributed by atoms with van der Waals surface area (Å²) in [6.07, 6.45) is 2.02. The van der Waals surface area contributed by atoms with E-state index in [1.807, 2.05) is 13.0 Å². The van der Waals surface area contributed by atoms with Gasteiger partial charge in [-0.2, -0.15) is 0 Å². The molecule has 1 atom stereocenters. The standard InChI is InChI=1S/C6H11ClS/c1-3-4-8-6(2)5-7/h3-4,6H,5H2,1-2H3. The summed E-state index contributed by atoms with van der Waals surface area (Å²) in [6, 6.07) is 0. The van der Waals surface area contributed by atoms with E-state index >= 15 is 0 Å². The average Bonchev–Trinajstić information content (AvgIpc) is 1.83. The lowest BCUT2D eigenvalue weighted by Crippen LogP contribution is -1.93. The zero-order valence-corrected chi connectivity index (χ0v) is 6.80. The molecular weight excluding hydrogens is 140 g/mol. The summed E-state index contributed by atoms with van der Waals surface area (Å²) in [5.41, 5.74) is 0. The smallest absolute Gasteiger partial charge is 0.0343 e. The number of allylic oxidation sites excluding steroid dienone is 1. The molecule has 0 N–H and O–H groups in total. The Kier molecular flexibility index (Phi) is 5.78. The van der Waals surface area contributed by atoms with Gasteiger partial charge in [0.1, 0.15) is 0 Å². The van der Waals surface area contributed by atoms with Gasteiger partial charge in [-0.1, -0.05) is 13.0 Å². The molecule has 8 heavy (non-hydrogen) atoms. The third kappa shape index (κ3) is 4.54. The predicted octanol–water partition coefficient (Wildman–Crippen LogP) is 2.88. The molecule has 48 valence electrons. The molecule has 0 amide bonds. The molecule has 0 saturated carbocycles. The number of thioether (sulfide) groups is 1. The average molecular weight is 151 g/mol. The SMILES string of the molecule is CC=CSC(C)CCl. The second kappa shape index (κ2) is 5.52. The molecule has 0 saturated heterocycles. The monoisotopic (exact) mass is 150 g/mol. The molecule has 0 radical (unpaired) electrons. The molecule has 1 unspecified atom stereocenters. The second-order valence-electron chi connectivity index (χ2n) is 1.57. The van der Waals surface area contributed by atoms with Gasteiger partial charge in [0.15, 0.2) is 0 Å². The summed E-state index contributed by atoms with van der Waals surface area (Å²) >= 11 is 7.30. The lowest BCUT2D eigenvalue weighted by Gasteiger charge is -1.99. The summed E-state index contributed by atoms with van der Waals surface area (Å²) in [7, 11) is 0. The fraction of sp³-hybridized carbons (Fsp3) is 0.667. The molecule has 0 aliphatic rings. The van der Waals surface area contributed by atoms with Crippen molar-refractivity contribution < 1.29 is 0 Å². The van der Waals surface area contributed by atoms with Gasteiger partial charge in [0.2, 0.25) is 0 Å². The van der Waals surface area contributed by atoms with Crippen molar-refractivity contribution in [3.63, 3.8) is 0 Å². The fourth-order valence-corrected chi connectivity index (χ4v) is 0.965. The van der Waals surface area contributed by atoms with Crippen LogP contribution in [0.4, 0.5) is 0 Å². The molecule has 0 aliphatic carbocycles. The number of halogens is 1. The van der Waals surface area contributed by atoms with E-state index in [0.717, 1.165) is 5.88 Å². The maximum Gasteiger partial charge on any atom is 0.0343 e. The van der Waals surface area contributed by atoms with Crippen molar-refractivity contribution in [2.24, 2.45) is 0 Å². The van der Waals surface area contributed by atoms with Crippen LogP contribution in [-0.2, 0) is 0 Å². The summed E-state index contributed by atoms with van der Waals surface area (Å²) in [6.45, 7) is 4.12. The maximum absolute atomic E-state index is 5.53. The third-order valence-electron chi connectivity index (χ3n) is 0.664. The molecule has 0 aromatic rings. The van der Waals surface area contributed by atoms with Gasteiger partial charge in [0.25, 0.3) is 0 Å². The van der Waals surface area contributed by atoms with Gasteiger partial charge in [0.05, 0.1) is 0 Å². The topological polar surface area (TPSA) is 0 Å². The van der Waals surface area contributed by atoms with Crippen LogP contribution in [0.3, 0.4) is 0 Å². The van der Waals surface area contributed by atoms with E-state index in [2.05, 4.69) is 12.3 Å². The van der Waals surface area contributed by atoms with Crippen LogP contribution in [0, 0.1) is 0 Å². The first-order valence-corrected chi connectivity index (χ1v) is 4.11. The molecule has 0 bridgehead atoms. The van der Waals surface area contributed by atoms with E-state index in [1.165, 1.54) is 0 Å². The summed E-state index contributed by atoms with van der Waals surface area (Å²) in [4.78, 5) is 0. The molecule has 0 aromatic heterocycles. The van der Waals surface area contributed by atoms with E-state index in [-0.39, 0.29) is 0 Å². The Morgan fingerprint density at radius 2 is 2.38 bits per heavy atom. The largest absolute Gasteiger partial charge is 0.130 e. The minimum absolute atomic E-state index is 0.549. The lowest BCUT2D eigenvalue weighted by atomic mass is 10.6. The highest BCUT2D eigenvalue weighted by molar-refractivity contribution is 8.02. The van der Waals surface area contributed by atoms with E-state index in [9.17, 15) is 0 Å². The minimum atomic E-state index is 0.549. The Morgan fingerprint density at radius 3 is 2.75 bits per heavy atom. The molecule has 2 heteroatoms. The highest BCUT2D eigenvalue weighted by Gasteiger charge is 1.93. The Morgan fingerprint density at radius 1 is 1.75 bits per heavy atom. The molecule has 0 rings (SSSR count). The predicted molar refractivity (Wildman–Crippen MR) is 42.6 cm³/mol. The van der Waals surface area contributed by atoms with E-state index in [1.54, 1.807) is 11.8 Å². The molecule has 0 fully saturated rings. The number of hydrogen-bond donors (Lipinski definition) is 0. The van der Waals surface area contributed by atoms with Crippen LogP contribution >= 0.6 is 23.4 Å². The van der Waals surface area contributed by atoms with Crippen molar-refractivity contribution >= 4 is 23.4 Å². The van der Waals surface area contributed by atoms with Crippen LogP contribution in [0.1, 0.15) is 13.8 Å². The zero-order chi connectivity index (χ0) is 6.41. The van der Waals surface area contributed by atoms with Gasteiger partial charge < -0.3 is 0 Å². The molecule has 0 heterocycles. The Bertz CT molecular complexity index is 70.9. The van der Waals surface area contributed by atoms with Crippen LogP contribution in [0.2, 0.25) is 0 Å².